The molecule has 2 aliphatic heterocycles. The number of fused-ring (bicyclic) bond motifs is 1. The second kappa shape index (κ2) is 7.42. The quantitative estimate of drug-likeness (QED) is 0.440. The van der Waals surface area contributed by atoms with Gasteiger partial charge >= 0.3 is 6.03 Å². The number of amides is 3. The fraction of sp³-hybridized carbons (Fsp3) is 0.733. The van der Waals surface area contributed by atoms with E-state index < -0.39 is 0 Å². The summed E-state index contributed by atoms with van der Waals surface area (Å²) in [6, 6.07) is 0.442. The van der Waals surface area contributed by atoms with E-state index in [0.29, 0.717) is 17.6 Å². The zero-order chi connectivity index (χ0) is 17.1. The van der Waals surface area contributed by atoms with Crippen molar-refractivity contribution in [2.45, 2.75) is 62.8 Å². The molecule has 3 heterocycles. The highest BCUT2D eigenvalue weighted by Crippen LogP contribution is 2.33. The Morgan fingerprint density at radius 3 is 2.96 bits per heavy atom. The molecule has 0 aliphatic carbocycles. The minimum Gasteiger partial charge on any atom is -0.332 e. The van der Waals surface area contributed by atoms with Gasteiger partial charge in [-0.2, -0.15) is 16.7 Å². The van der Waals surface area contributed by atoms with Crippen LogP contribution >= 0.6 is 11.8 Å². The van der Waals surface area contributed by atoms with E-state index in [2.05, 4.69) is 31.1 Å². The fourth-order valence-electron chi connectivity index (χ4n) is 3.05. The van der Waals surface area contributed by atoms with E-state index in [9.17, 15) is 9.59 Å². The van der Waals surface area contributed by atoms with Gasteiger partial charge in [-0.05, 0) is 12.8 Å². The molecule has 2 fully saturated rings. The zero-order valence-corrected chi connectivity index (χ0v) is 14.8. The van der Waals surface area contributed by atoms with E-state index in [1.807, 2.05) is 25.6 Å². The van der Waals surface area contributed by atoms with Gasteiger partial charge in [-0.15, -0.1) is 5.10 Å². The van der Waals surface area contributed by atoms with Crippen LogP contribution in [0, 0.1) is 0 Å². The number of hydrogen-bond acceptors (Lipinski definition) is 5. The summed E-state index contributed by atoms with van der Waals surface area (Å²) in [5.74, 6) is 2.28. The number of nitrogens with zero attached hydrogens (tertiary/aromatic N) is 2. The summed E-state index contributed by atoms with van der Waals surface area (Å²) in [4.78, 5) is 27.5. The number of unbranched alkanes of at least 4 members (excludes halogenated alkanes) is 1. The topological polar surface area (TPSA) is 112 Å². The maximum Gasteiger partial charge on any atom is 0.315 e. The lowest BCUT2D eigenvalue weighted by Crippen LogP contribution is -2.36. The number of carbonyl (C=O) groups excluding carboxylic acids is 2. The van der Waals surface area contributed by atoms with Gasteiger partial charge in [-0.3, -0.25) is 15.2 Å². The highest BCUT2D eigenvalue weighted by Gasteiger charge is 2.42. The third kappa shape index (κ3) is 4.00. The SMILES string of the molecule is CC(C)c1nc(NC(=O)CCCC[C@@H]2SC[C@H]3NC(=O)N[C@H]23)n[nH]1. The molecule has 2 saturated heterocycles. The van der Waals surface area contributed by atoms with Crippen molar-refractivity contribution in [2.24, 2.45) is 0 Å². The molecule has 2 aliphatic rings. The summed E-state index contributed by atoms with van der Waals surface area (Å²) in [6.07, 6.45) is 3.26. The molecule has 8 nitrogen and oxygen atoms in total. The maximum atomic E-state index is 11.9. The third-order valence-corrected chi connectivity index (χ3v) is 5.89. The van der Waals surface area contributed by atoms with Gasteiger partial charge in [0.05, 0.1) is 12.1 Å². The first kappa shape index (κ1) is 17.1. The maximum absolute atomic E-state index is 11.9. The molecular formula is C15H24N6O2S. The Labute approximate surface area is 145 Å². The van der Waals surface area contributed by atoms with Crippen molar-refractivity contribution in [2.75, 3.05) is 11.1 Å². The molecule has 0 aromatic carbocycles. The van der Waals surface area contributed by atoms with E-state index >= 15 is 0 Å². The van der Waals surface area contributed by atoms with Gasteiger partial charge in [0.15, 0.2) is 0 Å². The van der Waals surface area contributed by atoms with Crippen molar-refractivity contribution in [3.8, 4) is 0 Å². The first-order chi connectivity index (χ1) is 11.5. The predicted octanol–water partition coefficient (Wildman–Crippen LogP) is 1.59. The van der Waals surface area contributed by atoms with Crippen LogP contribution in [0.1, 0.15) is 51.3 Å². The summed E-state index contributed by atoms with van der Waals surface area (Å²) in [5.41, 5.74) is 0. The number of hydrogen-bond donors (Lipinski definition) is 4. The average molecular weight is 352 g/mol. The highest BCUT2D eigenvalue weighted by molar-refractivity contribution is 8.00. The summed E-state index contributed by atoms with van der Waals surface area (Å²) >= 11 is 1.90. The Balaban J connectivity index is 1.34. The average Bonchev–Trinajstić information content (AvgIpc) is 3.20. The minimum atomic E-state index is -0.0582. The Morgan fingerprint density at radius 1 is 1.38 bits per heavy atom. The molecule has 1 aromatic heterocycles. The fourth-order valence-corrected chi connectivity index (χ4v) is 4.59. The van der Waals surface area contributed by atoms with Crippen LogP contribution in [0.2, 0.25) is 0 Å². The highest BCUT2D eigenvalue weighted by atomic mass is 32.2. The summed E-state index contributed by atoms with van der Waals surface area (Å²) in [6.45, 7) is 4.03. The van der Waals surface area contributed by atoms with Crippen molar-refractivity contribution < 1.29 is 9.59 Å². The predicted molar refractivity (Wildman–Crippen MR) is 93.1 cm³/mol. The van der Waals surface area contributed by atoms with Crippen LogP contribution < -0.4 is 16.0 Å². The van der Waals surface area contributed by atoms with Crippen molar-refractivity contribution in [1.29, 1.82) is 0 Å². The molecule has 4 N–H and O–H groups in total. The van der Waals surface area contributed by atoms with Crippen molar-refractivity contribution in [3.05, 3.63) is 5.82 Å². The molecule has 24 heavy (non-hydrogen) atoms. The molecule has 132 valence electrons. The molecule has 0 unspecified atom stereocenters. The lowest BCUT2D eigenvalue weighted by Gasteiger charge is -2.16. The normalized spacial score (nSPS) is 25.5. The molecule has 3 atom stereocenters. The number of nitrogens with one attached hydrogen (secondary N) is 4. The molecule has 0 saturated carbocycles. The number of rotatable bonds is 7. The van der Waals surface area contributed by atoms with E-state index in [1.165, 1.54) is 0 Å². The van der Waals surface area contributed by atoms with Crippen LogP contribution in [0.4, 0.5) is 10.7 Å². The van der Waals surface area contributed by atoms with Gasteiger partial charge in [0.25, 0.3) is 0 Å². The standard InChI is InChI=1S/C15H24N6O2S/c1-8(2)13-19-14(21-20-13)17-11(22)6-4-3-5-10-12-9(7-24-10)16-15(23)18-12/h8-10,12H,3-7H2,1-2H3,(H2,16,18,23)(H2,17,19,20,21,22)/t9-,10+,12+/m1/s1. The van der Waals surface area contributed by atoms with Crippen LogP contribution in [0.15, 0.2) is 0 Å². The lowest BCUT2D eigenvalue weighted by atomic mass is 10.0. The van der Waals surface area contributed by atoms with Gasteiger partial charge < -0.3 is 10.6 Å². The Bertz CT molecular complexity index is 605. The lowest BCUT2D eigenvalue weighted by molar-refractivity contribution is -0.116. The van der Waals surface area contributed by atoms with Gasteiger partial charge in [0.2, 0.25) is 11.9 Å². The van der Waals surface area contributed by atoms with Crippen LogP contribution in [0.25, 0.3) is 0 Å². The Hall–Kier alpha value is -1.77. The second-order valence-corrected chi connectivity index (χ2v) is 7.89. The smallest absolute Gasteiger partial charge is 0.315 e. The summed E-state index contributed by atoms with van der Waals surface area (Å²) in [7, 11) is 0. The molecule has 3 rings (SSSR count). The van der Waals surface area contributed by atoms with Gasteiger partial charge in [-0.25, -0.2) is 4.79 Å². The molecule has 0 radical (unpaired) electrons. The number of H-pyrrole nitrogens is 1. The second-order valence-electron chi connectivity index (χ2n) is 6.61. The third-order valence-electron chi connectivity index (χ3n) is 4.38. The van der Waals surface area contributed by atoms with Crippen LogP contribution in [-0.2, 0) is 4.79 Å². The molecule has 3 amide bonds. The Kier molecular flexibility index (Phi) is 5.27. The summed E-state index contributed by atoms with van der Waals surface area (Å²) in [5, 5.41) is 15.9. The largest absolute Gasteiger partial charge is 0.332 e. The van der Waals surface area contributed by atoms with E-state index in [1.54, 1.807) is 0 Å². The van der Waals surface area contributed by atoms with Gasteiger partial charge in [-0.1, -0.05) is 20.3 Å². The molecule has 0 spiro atoms. The van der Waals surface area contributed by atoms with E-state index in [-0.39, 0.29) is 29.9 Å². The van der Waals surface area contributed by atoms with Crippen molar-refractivity contribution in [1.82, 2.24) is 25.8 Å². The molecule has 1 aromatic rings. The number of urea groups is 1. The number of anilines is 1. The van der Waals surface area contributed by atoms with E-state index in [4.69, 9.17) is 0 Å². The number of thioether (sulfide) groups is 1. The van der Waals surface area contributed by atoms with Crippen LogP contribution in [0.3, 0.4) is 0 Å². The first-order valence-electron chi connectivity index (χ1n) is 8.43. The zero-order valence-electron chi connectivity index (χ0n) is 14.0. The van der Waals surface area contributed by atoms with E-state index in [0.717, 1.165) is 30.8 Å². The Morgan fingerprint density at radius 2 is 2.21 bits per heavy atom. The monoisotopic (exact) mass is 352 g/mol. The number of carbonyl (C=O) groups is 2. The summed E-state index contributed by atoms with van der Waals surface area (Å²) < 4.78 is 0. The van der Waals surface area contributed by atoms with Crippen LogP contribution in [-0.4, -0.2) is 50.2 Å². The van der Waals surface area contributed by atoms with Crippen molar-refractivity contribution in [3.63, 3.8) is 0 Å². The number of aromatic nitrogens is 3. The molecule has 0 bridgehead atoms. The van der Waals surface area contributed by atoms with Gasteiger partial charge in [0, 0.05) is 23.3 Å². The number of aromatic amines is 1. The minimum absolute atomic E-state index is 0.0538. The molecular weight excluding hydrogens is 328 g/mol. The molecule has 9 heteroatoms. The van der Waals surface area contributed by atoms with Crippen molar-refractivity contribution >= 4 is 29.6 Å². The first-order valence-corrected chi connectivity index (χ1v) is 9.48. The van der Waals surface area contributed by atoms with Gasteiger partial charge in [0.1, 0.15) is 5.82 Å². The van der Waals surface area contributed by atoms with Crippen LogP contribution in [0.5, 0.6) is 0 Å².